The Bertz CT molecular complexity index is 210. The molecule has 2 fully saturated rings. The zero-order valence-corrected chi connectivity index (χ0v) is 10.1. The molecular weight excluding hydrogens is 196 g/mol. The molecule has 0 unspecified atom stereocenters. The molecule has 2 aliphatic heterocycles. The van der Waals surface area contributed by atoms with Gasteiger partial charge in [-0.05, 0) is 6.42 Å². The highest BCUT2D eigenvalue weighted by Crippen LogP contribution is 2.35. The van der Waals surface area contributed by atoms with E-state index in [1.807, 2.05) is 0 Å². The van der Waals surface area contributed by atoms with Gasteiger partial charge in [0, 0.05) is 19.4 Å². The van der Waals surface area contributed by atoms with Crippen molar-refractivity contribution in [1.82, 2.24) is 4.31 Å². The molecule has 0 bridgehead atoms. The Kier molecular flexibility index (Phi) is 2.81. The van der Waals surface area contributed by atoms with Crippen LogP contribution >= 0.6 is 12.8 Å². The number of hydrogen-bond donors (Lipinski definition) is 1. The molecule has 0 aromatic rings. The lowest BCUT2D eigenvalue weighted by Gasteiger charge is -2.49. The number of nitrogens with zero attached hydrogens (tertiary/aromatic N) is 2. The van der Waals surface area contributed by atoms with Gasteiger partial charge in [0.2, 0.25) is 0 Å². The highest BCUT2D eigenvalue weighted by Gasteiger charge is 2.44. The van der Waals surface area contributed by atoms with Gasteiger partial charge in [0.15, 0.2) is 0 Å². The molecule has 82 valence electrons. The highest BCUT2D eigenvalue weighted by molar-refractivity contribution is 7.77. The van der Waals surface area contributed by atoms with Crippen LogP contribution < -0.4 is 0 Å². The van der Waals surface area contributed by atoms with Crippen LogP contribution in [0.1, 0.15) is 19.3 Å². The molecule has 4 heteroatoms. The van der Waals surface area contributed by atoms with Gasteiger partial charge in [-0.1, -0.05) is 12.8 Å². The fourth-order valence-corrected chi connectivity index (χ4v) is 2.75. The lowest BCUT2D eigenvalue weighted by atomic mass is 9.97. The van der Waals surface area contributed by atoms with Gasteiger partial charge in [0.1, 0.15) is 5.72 Å². The molecule has 0 aromatic heterocycles. The summed E-state index contributed by atoms with van der Waals surface area (Å²) in [5, 5.41) is 0. The van der Waals surface area contributed by atoms with Crippen molar-refractivity contribution >= 4 is 12.8 Å². The summed E-state index contributed by atoms with van der Waals surface area (Å²) in [6.45, 7) is 4.36. The maximum atomic E-state index is 5.95. The van der Waals surface area contributed by atoms with Gasteiger partial charge in [0.25, 0.3) is 0 Å². The van der Waals surface area contributed by atoms with Crippen molar-refractivity contribution in [1.29, 1.82) is 0 Å². The zero-order valence-electron chi connectivity index (χ0n) is 9.20. The fraction of sp³-hybridized carbons (Fsp3) is 1.00. The number of hydrogen-bond acceptors (Lipinski definition) is 3. The smallest absolute Gasteiger partial charge is 0.141 e. The molecule has 3 nitrogen and oxygen atoms in total. The van der Waals surface area contributed by atoms with E-state index in [0.29, 0.717) is 0 Å². The molecule has 0 N–H and O–H groups in total. The topological polar surface area (TPSA) is 12.5 Å². The molecule has 2 heterocycles. The van der Waals surface area contributed by atoms with Crippen molar-refractivity contribution < 1.29 is 9.22 Å². The molecular formula is C10H21N2OS+. The van der Waals surface area contributed by atoms with Crippen molar-refractivity contribution in [2.45, 2.75) is 25.0 Å². The van der Waals surface area contributed by atoms with Gasteiger partial charge < -0.3 is 9.22 Å². The van der Waals surface area contributed by atoms with Crippen LogP contribution in [-0.2, 0) is 4.74 Å². The summed E-state index contributed by atoms with van der Waals surface area (Å²) in [4.78, 5) is 0. The molecule has 0 aromatic carbocycles. The van der Waals surface area contributed by atoms with Crippen LogP contribution in [-0.4, -0.2) is 54.8 Å². The first kappa shape index (κ1) is 10.7. The normalized spacial score (nSPS) is 31.9. The second-order valence-electron chi connectivity index (χ2n) is 5.15. The quantitative estimate of drug-likeness (QED) is 0.482. The average molecular weight is 217 g/mol. The molecule has 14 heavy (non-hydrogen) atoms. The Morgan fingerprint density at radius 1 is 1.29 bits per heavy atom. The summed E-state index contributed by atoms with van der Waals surface area (Å²) in [5.74, 6) is 0. The number of thiol groups is 1. The third-order valence-corrected chi connectivity index (χ3v) is 4.14. The number of likely N-dealkylation sites (tertiary alicyclic amines) is 1. The summed E-state index contributed by atoms with van der Waals surface area (Å²) in [7, 11) is 4.58. The maximum absolute atomic E-state index is 5.95. The minimum atomic E-state index is -0.0465. The molecule has 2 rings (SSSR count). The first-order valence-corrected chi connectivity index (χ1v) is 5.87. The average Bonchev–Trinajstić information content (AvgIpc) is 2.15. The first-order chi connectivity index (χ1) is 6.54. The molecule has 1 spiro atoms. The molecule has 0 amide bonds. The standard InChI is InChI=1S/C10H21N2OS/c1-12(2)7-4-10(5-8-12)11(14)6-3-9-13-10/h14H,3-9H2,1-2H3/q+1. The highest BCUT2D eigenvalue weighted by atomic mass is 32.1. The van der Waals surface area contributed by atoms with Gasteiger partial charge in [-0.15, -0.1) is 0 Å². The molecule has 0 saturated carbocycles. The third kappa shape index (κ3) is 1.94. The summed E-state index contributed by atoms with van der Waals surface area (Å²) in [6.07, 6.45) is 3.34. The Morgan fingerprint density at radius 2 is 1.93 bits per heavy atom. The van der Waals surface area contributed by atoms with Crippen molar-refractivity contribution in [2.24, 2.45) is 0 Å². The zero-order chi connectivity index (χ0) is 10.2. The number of quaternary nitrogens is 1. The van der Waals surface area contributed by atoms with E-state index < -0.39 is 0 Å². The number of piperidine rings is 1. The summed E-state index contributed by atoms with van der Waals surface area (Å²) >= 11 is 4.55. The van der Waals surface area contributed by atoms with Crippen LogP contribution in [0, 0.1) is 0 Å². The van der Waals surface area contributed by atoms with Crippen LogP contribution in [0.4, 0.5) is 0 Å². The monoisotopic (exact) mass is 217 g/mol. The predicted molar refractivity (Wildman–Crippen MR) is 60.1 cm³/mol. The number of rotatable bonds is 0. The van der Waals surface area contributed by atoms with Crippen LogP contribution in [0.2, 0.25) is 0 Å². The van der Waals surface area contributed by atoms with E-state index in [9.17, 15) is 0 Å². The second kappa shape index (κ2) is 3.67. The van der Waals surface area contributed by atoms with Crippen molar-refractivity contribution in [2.75, 3.05) is 40.3 Å². The molecule has 2 saturated heterocycles. The molecule has 2 aliphatic rings. The molecule has 0 aliphatic carbocycles. The minimum Gasteiger partial charge on any atom is -0.359 e. The minimum absolute atomic E-state index is 0.0465. The van der Waals surface area contributed by atoms with E-state index in [-0.39, 0.29) is 5.72 Å². The summed E-state index contributed by atoms with van der Waals surface area (Å²) in [6, 6.07) is 0. The van der Waals surface area contributed by atoms with Crippen LogP contribution in [0.15, 0.2) is 0 Å². The van der Waals surface area contributed by atoms with Gasteiger partial charge in [-0.2, -0.15) is 0 Å². The SMILES string of the molecule is C[N+]1(C)CCC2(CC1)OCCCN2S. The van der Waals surface area contributed by atoms with E-state index in [4.69, 9.17) is 4.74 Å². The first-order valence-electron chi connectivity index (χ1n) is 5.47. The van der Waals surface area contributed by atoms with Crippen molar-refractivity contribution in [3.8, 4) is 0 Å². The Morgan fingerprint density at radius 3 is 2.50 bits per heavy atom. The van der Waals surface area contributed by atoms with Gasteiger partial charge in [0.05, 0.1) is 33.8 Å². The van der Waals surface area contributed by atoms with Crippen LogP contribution in [0.3, 0.4) is 0 Å². The Balaban J connectivity index is 2.03. The van der Waals surface area contributed by atoms with E-state index in [1.54, 1.807) is 0 Å². The Hall–Kier alpha value is 0.230. The van der Waals surface area contributed by atoms with E-state index >= 15 is 0 Å². The lowest BCUT2D eigenvalue weighted by Crippen LogP contribution is -2.60. The van der Waals surface area contributed by atoms with Gasteiger partial charge in [-0.25, -0.2) is 4.31 Å². The van der Waals surface area contributed by atoms with Gasteiger partial charge in [-0.3, -0.25) is 0 Å². The van der Waals surface area contributed by atoms with Crippen LogP contribution in [0.25, 0.3) is 0 Å². The maximum Gasteiger partial charge on any atom is 0.141 e. The van der Waals surface area contributed by atoms with Crippen LogP contribution in [0.5, 0.6) is 0 Å². The number of ether oxygens (including phenoxy) is 1. The van der Waals surface area contributed by atoms with E-state index in [0.717, 1.165) is 36.9 Å². The fourth-order valence-electron chi connectivity index (χ4n) is 2.35. The van der Waals surface area contributed by atoms with E-state index in [2.05, 4.69) is 31.2 Å². The molecule has 0 radical (unpaired) electrons. The Labute approximate surface area is 92.1 Å². The lowest BCUT2D eigenvalue weighted by molar-refractivity contribution is -0.898. The second-order valence-corrected chi connectivity index (χ2v) is 5.64. The largest absolute Gasteiger partial charge is 0.359 e. The molecule has 0 atom stereocenters. The predicted octanol–water partition coefficient (Wildman–Crippen LogP) is 1.12. The van der Waals surface area contributed by atoms with Gasteiger partial charge >= 0.3 is 0 Å². The third-order valence-electron chi connectivity index (χ3n) is 3.57. The summed E-state index contributed by atoms with van der Waals surface area (Å²) in [5.41, 5.74) is -0.0465. The summed E-state index contributed by atoms with van der Waals surface area (Å²) < 4.78 is 9.19. The van der Waals surface area contributed by atoms with Crippen molar-refractivity contribution in [3.63, 3.8) is 0 Å². The van der Waals surface area contributed by atoms with E-state index in [1.165, 1.54) is 13.1 Å². The van der Waals surface area contributed by atoms with Crippen molar-refractivity contribution in [3.05, 3.63) is 0 Å².